The molecule has 2 rings (SSSR count). The third kappa shape index (κ3) is 1.55. The summed E-state index contributed by atoms with van der Waals surface area (Å²) in [4.78, 5) is 0.421. The first kappa shape index (κ1) is 9.68. The molecule has 1 aromatic rings. The lowest BCUT2D eigenvalue weighted by atomic mass is 10.2. The minimum Gasteiger partial charge on any atom is -0.326 e. The quantitative estimate of drug-likeness (QED) is 0.814. The summed E-state index contributed by atoms with van der Waals surface area (Å²) in [5.74, 6) is 0. The van der Waals surface area contributed by atoms with Crippen LogP contribution in [-0.4, -0.2) is 13.7 Å². The minimum atomic E-state index is -3.09. The highest BCUT2D eigenvalue weighted by atomic mass is 32.2. The summed E-state index contributed by atoms with van der Waals surface area (Å²) in [7, 11) is -3.09. The molecule has 0 heterocycles. The third-order valence-electron chi connectivity index (χ3n) is 2.46. The average Bonchev–Trinajstić information content (AvgIpc) is 3.01. The van der Waals surface area contributed by atoms with Crippen molar-refractivity contribution >= 4 is 9.84 Å². The van der Waals surface area contributed by atoms with E-state index in [0.29, 0.717) is 4.90 Å². The van der Waals surface area contributed by atoms with E-state index in [9.17, 15) is 8.42 Å². The van der Waals surface area contributed by atoms with Crippen molar-refractivity contribution in [3.05, 3.63) is 29.8 Å². The van der Waals surface area contributed by atoms with E-state index in [4.69, 9.17) is 5.73 Å². The van der Waals surface area contributed by atoms with E-state index in [0.717, 1.165) is 18.4 Å². The van der Waals surface area contributed by atoms with Crippen LogP contribution >= 0.6 is 0 Å². The topological polar surface area (TPSA) is 60.2 Å². The minimum absolute atomic E-state index is 0.157. The van der Waals surface area contributed by atoms with E-state index in [1.54, 1.807) is 18.2 Å². The third-order valence-corrected chi connectivity index (χ3v) is 4.82. The Kier molecular flexibility index (Phi) is 2.33. The molecule has 0 amide bonds. The van der Waals surface area contributed by atoms with Gasteiger partial charge in [-0.05, 0) is 24.5 Å². The van der Waals surface area contributed by atoms with E-state index < -0.39 is 9.84 Å². The molecule has 0 atom stereocenters. The molecule has 0 unspecified atom stereocenters. The van der Waals surface area contributed by atoms with E-state index in [1.807, 2.05) is 6.07 Å². The van der Waals surface area contributed by atoms with Crippen LogP contribution in [0.25, 0.3) is 0 Å². The van der Waals surface area contributed by atoms with Crippen LogP contribution in [0.3, 0.4) is 0 Å². The van der Waals surface area contributed by atoms with Crippen molar-refractivity contribution in [2.24, 2.45) is 5.73 Å². The Morgan fingerprint density at radius 2 is 1.93 bits per heavy atom. The van der Waals surface area contributed by atoms with Gasteiger partial charge in [0.15, 0.2) is 9.84 Å². The van der Waals surface area contributed by atoms with E-state index in [-0.39, 0.29) is 11.8 Å². The van der Waals surface area contributed by atoms with E-state index >= 15 is 0 Å². The molecule has 4 heteroatoms. The fraction of sp³-hybridized carbons (Fsp3) is 0.400. The SMILES string of the molecule is NCc1ccccc1S(=O)(=O)C1CC1. The fourth-order valence-electron chi connectivity index (χ4n) is 1.51. The first-order valence-corrected chi connectivity index (χ1v) is 6.23. The predicted molar refractivity (Wildman–Crippen MR) is 54.5 cm³/mol. The van der Waals surface area contributed by atoms with Crippen molar-refractivity contribution in [1.82, 2.24) is 0 Å². The standard InChI is InChI=1S/C10H13NO2S/c11-7-8-3-1-2-4-10(8)14(12,13)9-5-6-9/h1-4,9H,5-7,11H2. The molecule has 1 aliphatic rings. The molecule has 0 aromatic heterocycles. The summed E-state index contributed by atoms with van der Waals surface area (Å²) in [6.07, 6.45) is 1.59. The van der Waals surface area contributed by atoms with Crippen molar-refractivity contribution in [1.29, 1.82) is 0 Å². The van der Waals surface area contributed by atoms with Gasteiger partial charge in [0.25, 0.3) is 0 Å². The Labute approximate surface area is 83.9 Å². The molecular weight excluding hydrogens is 198 g/mol. The van der Waals surface area contributed by atoms with Crippen LogP contribution < -0.4 is 5.73 Å². The fourth-order valence-corrected chi connectivity index (χ4v) is 3.41. The molecule has 0 saturated heterocycles. The zero-order valence-electron chi connectivity index (χ0n) is 7.81. The van der Waals surface area contributed by atoms with Crippen LogP contribution in [0.15, 0.2) is 29.2 Å². The highest BCUT2D eigenvalue weighted by Gasteiger charge is 2.37. The molecule has 76 valence electrons. The van der Waals surface area contributed by atoms with Crippen LogP contribution in [0.5, 0.6) is 0 Å². The number of sulfone groups is 1. The second-order valence-corrected chi connectivity index (χ2v) is 5.75. The van der Waals surface area contributed by atoms with Crippen LogP contribution in [0.1, 0.15) is 18.4 Å². The lowest BCUT2D eigenvalue weighted by molar-refractivity contribution is 0.593. The molecule has 1 aliphatic carbocycles. The van der Waals surface area contributed by atoms with Gasteiger partial charge in [-0.25, -0.2) is 8.42 Å². The van der Waals surface area contributed by atoms with Crippen molar-refractivity contribution in [2.45, 2.75) is 29.5 Å². The number of rotatable bonds is 3. The van der Waals surface area contributed by atoms with Gasteiger partial charge in [0.1, 0.15) is 0 Å². The summed E-state index contributed by atoms with van der Waals surface area (Å²) in [6, 6.07) is 6.98. The molecule has 1 saturated carbocycles. The zero-order chi connectivity index (χ0) is 10.2. The Morgan fingerprint density at radius 3 is 2.50 bits per heavy atom. The first-order valence-electron chi connectivity index (χ1n) is 4.68. The summed E-state index contributed by atoms with van der Waals surface area (Å²) in [5, 5.41) is -0.157. The van der Waals surface area contributed by atoms with Crippen molar-refractivity contribution in [3.63, 3.8) is 0 Å². The maximum Gasteiger partial charge on any atom is 0.181 e. The van der Waals surface area contributed by atoms with Crippen molar-refractivity contribution < 1.29 is 8.42 Å². The number of benzene rings is 1. The van der Waals surface area contributed by atoms with Gasteiger partial charge in [0.05, 0.1) is 10.1 Å². The smallest absolute Gasteiger partial charge is 0.181 e. The van der Waals surface area contributed by atoms with E-state index in [1.165, 1.54) is 0 Å². The Hall–Kier alpha value is -0.870. The van der Waals surface area contributed by atoms with Gasteiger partial charge in [-0.15, -0.1) is 0 Å². The van der Waals surface area contributed by atoms with Gasteiger partial charge in [-0.3, -0.25) is 0 Å². The predicted octanol–water partition coefficient (Wildman–Crippen LogP) is 1.08. The molecule has 2 N–H and O–H groups in total. The van der Waals surface area contributed by atoms with Crippen LogP contribution in [0, 0.1) is 0 Å². The molecular formula is C10H13NO2S. The summed E-state index contributed by atoms with van der Waals surface area (Å²) in [6.45, 7) is 0.280. The monoisotopic (exact) mass is 211 g/mol. The van der Waals surface area contributed by atoms with Gasteiger partial charge >= 0.3 is 0 Å². The zero-order valence-corrected chi connectivity index (χ0v) is 8.63. The van der Waals surface area contributed by atoms with Gasteiger partial charge < -0.3 is 5.73 Å². The van der Waals surface area contributed by atoms with Crippen molar-refractivity contribution in [3.8, 4) is 0 Å². The number of nitrogens with two attached hydrogens (primary N) is 1. The maximum absolute atomic E-state index is 11.9. The highest BCUT2D eigenvalue weighted by Crippen LogP contribution is 2.34. The number of hydrogen-bond acceptors (Lipinski definition) is 3. The maximum atomic E-state index is 11.9. The Bertz CT molecular complexity index is 435. The lowest BCUT2D eigenvalue weighted by Gasteiger charge is -2.07. The van der Waals surface area contributed by atoms with Gasteiger partial charge in [0.2, 0.25) is 0 Å². The molecule has 0 bridgehead atoms. The normalized spacial score (nSPS) is 16.9. The van der Waals surface area contributed by atoms with Gasteiger partial charge in [-0.1, -0.05) is 18.2 Å². The van der Waals surface area contributed by atoms with Gasteiger partial charge in [0, 0.05) is 6.54 Å². The van der Waals surface area contributed by atoms with Crippen molar-refractivity contribution in [2.75, 3.05) is 0 Å². The number of hydrogen-bond donors (Lipinski definition) is 1. The molecule has 3 nitrogen and oxygen atoms in total. The highest BCUT2D eigenvalue weighted by molar-refractivity contribution is 7.92. The first-order chi connectivity index (χ1) is 6.66. The van der Waals surface area contributed by atoms with Gasteiger partial charge in [-0.2, -0.15) is 0 Å². The molecule has 0 spiro atoms. The Balaban J connectivity index is 2.49. The van der Waals surface area contributed by atoms with Crippen LogP contribution in [-0.2, 0) is 16.4 Å². The van der Waals surface area contributed by atoms with Crippen LogP contribution in [0.2, 0.25) is 0 Å². The molecule has 14 heavy (non-hydrogen) atoms. The summed E-state index contributed by atoms with van der Waals surface area (Å²) < 4.78 is 23.8. The second-order valence-electron chi connectivity index (χ2n) is 3.56. The summed E-state index contributed by atoms with van der Waals surface area (Å²) in [5.41, 5.74) is 6.23. The van der Waals surface area contributed by atoms with Crippen LogP contribution in [0.4, 0.5) is 0 Å². The lowest BCUT2D eigenvalue weighted by Crippen LogP contribution is -2.11. The molecule has 0 aliphatic heterocycles. The second kappa shape index (κ2) is 3.37. The Morgan fingerprint density at radius 1 is 1.29 bits per heavy atom. The average molecular weight is 211 g/mol. The molecule has 0 radical (unpaired) electrons. The largest absolute Gasteiger partial charge is 0.326 e. The van der Waals surface area contributed by atoms with E-state index in [2.05, 4.69) is 0 Å². The molecule has 1 fully saturated rings. The summed E-state index contributed by atoms with van der Waals surface area (Å²) >= 11 is 0. The molecule has 1 aromatic carbocycles.